The van der Waals surface area contributed by atoms with Crippen LogP contribution < -0.4 is 0 Å². The predicted molar refractivity (Wildman–Crippen MR) is 104 cm³/mol. The Morgan fingerprint density at radius 1 is 1.07 bits per heavy atom. The molecule has 0 amide bonds. The Morgan fingerprint density at radius 3 is 2.44 bits per heavy atom. The van der Waals surface area contributed by atoms with Gasteiger partial charge in [-0.1, -0.05) is 56.3 Å². The summed E-state index contributed by atoms with van der Waals surface area (Å²) in [7, 11) is 1.37. The summed E-state index contributed by atoms with van der Waals surface area (Å²) in [6, 6.07) is 19.4. The van der Waals surface area contributed by atoms with Gasteiger partial charge in [0, 0.05) is 16.7 Å². The molecule has 0 atom stereocenters. The number of esters is 1. The highest BCUT2D eigenvalue weighted by molar-refractivity contribution is 5.89. The fourth-order valence-electron chi connectivity index (χ4n) is 2.79. The van der Waals surface area contributed by atoms with E-state index in [2.05, 4.69) is 36.2 Å². The molecule has 0 unspecified atom stereocenters. The standard InChI is InChI=1S/C22H24N2O3/c1-22(2,15-27-14-16-7-5-4-6-8-16)20-13-19(23-24-20)17-9-11-18(12-10-17)21(25)26-3/h4-13H,14-15H2,1-3H3,(H,23,24). The molecule has 0 aliphatic rings. The van der Waals surface area contributed by atoms with Gasteiger partial charge in [0.1, 0.15) is 0 Å². The van der Waals surface area contributed by atoms with Crippen LogP contribution in [-0.4, -0.2) is 29.9 Å². The maximum Gasteiger partial charge on any atom is 0.337 e. The summed E-state index contributed by atoms with van der Waals surface area (Å²) >= 11 is 0. The molecule has 1 aromatic heterocycles. The molecule has 27 heavy (non-hydrogen) atoms. The van der Waals surface area contributed by atoms with Crippen molar-refractivity contribution >= 4 is 5.97 Å². The average Bonchev–Trinajstić information content (AvgIpc) is 3.19. The van der Waals surface area contributed by atoms with Gasteiger partial charge < -0.3 is 9.47 Å². The zero-order valence-corrected chi connectivity index (χ0v) is 15.9. The average molecular weight is 364 g/mol. The molecule has 0 saturated carbocycles. The van der Waals surface area contributed by atoms with Crippen molar-refractivity contribution in [3.8, 4) is 11.3 Å². The van der Waals surface area contributed by atoms with Gasteiger partial charge in [-0.15, -0.1) is 0 Å². The highest BCUT2D eigenvalue weighted by Crippen LogP contribution is 2.26. The van der Waals surface area contributed by atoms with Crippen molar-refractivity contribution in [2.24, 2.45) is 0 Å². The molecule has 140 valence electrons. The van der Waals surface area contributed by atoms with Crippen LogP contribution in [0.2, 0.25) is 0 Å². The first-order chi connectivity index (χ1) is 13.0. The van der Waals surface area contributed by atoms with Crippen molar-refractivity contribution in [2.45, 2.75) is 25.9 Å². The quantitative estimate of drug-likeness (QED) is 0.633. The number of nitrogens with zero attached hydrogens (tertiary/aromatic N) is 1. The molecule has 0 aliphatic heterocycles. The third-order valence-electron chi connectivity index (χ3n) is 4.48. The van der Waals surface area contributed by atoms with E-state index >= 15 is 0 Å². The molecule has 3 aromatic rings. The Bertz CT molecular complexity index is 883. The molecular formula is C22H24N2O3. The van der Waals surface area contributed by atoms with Crippen molar-refractivity contribution in [1.82, 2.24) is 10.2 Å². The van der Waals surface area contributed by atoms with Crippen LogP contribution in [0, 0.1) is 0 Å². The predicted octanol–water partition coefficient (Wildman–Crippen LogP) is 4.36. The van der Waals surface area contributed by atoms with Crippen molar-refractivity contribution < 1.29 is 14.3 Å². The van der Waals surface area contributed by atoms with Crippen LogP contribution in [0.3, 0.4) is 0 Å². The third kappa shape index (κ3) is 4.63. The second-order valence-corrected chi connectivity index (χ2v) is 7.10. The number of carbonyl (C=O) groups excluding carboxylic acids is 1. The molecular weight excluding hydrogens is 340 g/mol. The zero-order valence-electron chi connectivity index (χ0n) is 15.9. The minimum absolute atomic E-state index is 0.202. The normalized spacial score (nSPS) is 11.4. The summed E-state index contributed by atoms with van der Waals surface area (Å²) in [6.45, 7) is 5.40. The van der Waals surface area contributed by atoms with Gasteiger partial charge in [-0.05, 0) is 23.8 Å². The summed E-state index contributed by atoms with van der Waals surface area (Å²) in [5.74, 6) is -0.346. The molecule has 0 aliphatic carbocycles. The van der Waals surface area contributed by atoms with Gasteiger partial charge in [-0.25, -0.2) is 4.79 Å². The lowest BCUT2D eigenvalue weighted by atomic mass is 9.90. The Hall–Kier alpha value is -2.92. The van der Waals surface area contributed by atoms with E-state index in [1.807, 2.05) is 36.4 Å². The van der Waals surface area contributed by atoms with E-state index < -0.39 is 0 Å². The number of nitrogens with one attached hydrogen (secondary N) is 1. The van der Waals surface area contributed by atoms with Crippen LogP contribution >= 0.6 is 0 Å². The van der Waals surface area contributed by atoms with E-state index in [4.69, 9.17) is 9.47 Å². The molecule has 0 radical (unpaired) electrons. The number of aromatic nitrogens is 2. The van der Waals surface area contributed by atoms with Crippen LogP contribution in [0.5, 0.6) is 0 Å². The first kappa shape index (κ1) is 18.9. The molecule has 0 spiro atoms. The van der Waals surface area contributed by atoms with E-state index in [0.29, 0.717) is 18.8 Å². The minimum Gasteiger partial charge on any atom is -0.465 e. The van der Waals surface area contributed by atoms with Gasteiger partial charge in [-0.3, -0.25) is 5.10 Å². The summed E-state index contributed by atoms with van der Waals surface area (Å²) < 4.78 is 10.6. The smallest absolute Gasteiger partial charge is 0.337 e. The number of rotatable bonds is 7. The second kappa shape index (κ2) is 8.18. The number of methoxy groups -OCH3 is 1. The number of carbonyl (C=O) groups is 1. The van der Waals surface area contributed by atoms with E-state index in [0.717, 1.165) is 22.5 Å². The van der Waals surface area contributed by atoms with Crippen LogP contribution in [-0.2, 0) is 21.5 Å². The Kier molecular flexibility index (Phi) is 5.72. The van der Waals surface area contributed by atoms with E-state index in [1.54, 1.807) is 12.1 Å². The van der Waals surface area contributed by atoms with Crippen LogP contribution in [0.4, 0.5) is 0 Å². The molecule has 5 nitrogen and oxygen atoms in total. The van der Waals surface area contributed by atoms with Gasteiger partial charge >= 0.3 is 5.97 Å². The monoisotopic (exact) mass is 364 g/mol. The lowest BCUT2D eigenvalue weighted by molar-refractivity contribution is 0.0601. The molecule has 0 bridgehead atoms. The number of hydrogen-bond donors (Lipinski definition) is 1. The van der Waals surface area contributed by atoms with Gasteiger partial charge in [0.2, 0.25) is 0 Å². The van der Waals surface area contributed by atoms with Gasteiger partial charge in [-0.2, -0.15) is 5.10 Å². The van der Waals surface area contributed by atoms with Crippen molar-refractivity contribution in [3.05, 3.63) is 77.5 Å². The lowest BCUT2D eigenvalue weighted by Gasteiger charge is -2.22. The summed E-state index contributed by atoms with van der Waals surface area (Å²) in [5, 5.41) is 7.54. The number of H-pyrrole nitrogens is 1. The molecule has 3 rings (SSSR count). The van der Waals surface area contributed by atoms with Gasteiger partial charge in [0.15, 0.2) is 0 Å². The highest BCUT2D eigenvalue weighted by Gasteiger charge is 2.24. The van der Waals surface area contributed by atoms with Gasteiger partial charge in [0.05, 0.1) is 31.6 Å². The fourth-order valence-corrected chi connectivity index (χ4v) is 2.79. The molecule has 1 heterocycles. The van der Waals surface area contributed by atoms with Crippen molar-refractivity contribution in [3.63, 3.8) is 0 Å². The summed E-state index contributed by atoms with van der Waals surface area (Å²) in [6.07, 6.45) is 0. The van der Waals surface area contributed by atoms with Gasteiger partial charge in [0.25, 0.3) is 0 Å². The molecule has 5 heteroatoms. The molecule has 2 aromatic carbocycles. The SMILES string of the molecule is COC(=O)c1ccc(-c2cc(C(C)(C)COCc3ccccc3)[nH]n2)cc1. The molecule has 0 fully saturated rings. The summed E-state index contributed by atoms with van der Waals surface area (Å²) in [4.78, 5) is 11.5. The maximum absolute atomic E-state index is 11.5. The summed E-state index contributed by atoms with van der Waals surface area (Å²) in [5.41, 5.74) is 4.24. The maximum atomic E-state index is 11.5. The Balaban J connectivity index is 1.65. The van der Waals surface area contributed by atoms with E-state index in [-0.39, 0.29) is 11.4 Å². The van der Waals surface area contributed by atoms with Crippen LogP contribution in [0.15, 0.2) is 60.7 Å². The van der Waals surface area contributed by atoms with E-state index in [9.17, 15) is 4.79 Å². The highest BCUT2D eigenvalue weighted by atomic mass is 16.5. The fraction of sp³-hybridized carbons (Fsp3) is 0.273. The third-order valence-corrected chi connectivity index (χ3v) is 4.48. The first-order valence-corrected chi connectivity index (χ1v) is 8.86. The Morgan fingerprint density at radius 2 is 1.78 bits per heavy atom. The topological polar surface area (TPSA) is 64.2 Å². The molecule has 0 saturated heterocycles. The van der Waals surface area contributed by atoms with E-state index in [1.165, 1.54) is 7.11 Å². The first-order valence-electron chi connectivity index (χ1n) is 8.86. The van der Waals surface area contributed by atoms with Crippen LogP contribution in [0.1, 0.15) is 35.5 Å². The van der Waals surface area contributed by atoms with Crippen molar-refractivity contribution in [1.29, 1.82) is 0 Å². The second-order valence-electron chi connectivity index (χ2n) is 7.10. The van der Waals surface area contributed by atoms with Crippen LogP contribution in [0.25, 0.3) is 11.3 Å². The number of aromatic amines is 1. The zero-order chi connectivity index (χ0) is 19.3. The van der Waals surface area contributed by atoms with Crippen molar-refractivity contribution in [2.75, 3.05) is 13.7 Å². The number of ether oxygens (including phenoxy) is 2. The molecule has 1 N–H and O–H groups in total. The number of benzene rings is 2. The minimum atomic E-state index is -0.346. The Labute approximate surface area is 159 Å². The largest absolute Gasteiger partial charge is 0.465 e. The number of hydrogen-bond acceptors (Lipinski definition) is 4. The lowest BCUT2D eigenvalue weighted by Crippen LogP contribution is -2.24.